The molecule has 0 heterocycles. The SMILES string of the molecule is Cc1cccc(C(=O)Nc2ccc(C(=O)NNC(=O)CCCC(=O)NNC(=O)c3ccc(NC(=O)c4cccc(C)c4)cc3)cc2)c1. The summed E-state index contributed by atoms with van der Waals surface area (Å²) in [7, 11) is 0. The van der Waals surface area contributed by atoms with Crippen LogP contribution < -0.4 is 32.3 Å². The molecule has 0 aliphatic heterocycles. The van der Waals surface area contributed by atoms with Gasteiger partial charge in [-0.25, -0.2) is 0 Å². The summed E-state index contributed by atoms with van der Waals surface area (Å²) in [6, 6.07) is 26.6. The highest BCUT2D eigenvalue weighted by Crippen LogP contribution is 2.14. The molecule has 0 aliphatic carbocycles. The Labute approximate surface area is 271 Å². The molecule has 0 aliphatic rings. The van der Waals surface area contributed by atoms with Crippen LogP contribution in [-0.4, -0.2) is 35.4 Å². The van der Waals surface area contributed by atoms with E-state index >= 15 is 0 Å². The molecule has 12 nitrogen and oxygen atoms in total. The van der Waals surface area contributed by atoms with Gasteiger partial charge in [-0.15, -0.1) is 0 Å². The number of nitrogens with one attached hydrogen (secondary N) is 6. The highest BCUT2D eigenvalue weighted by molar-refractivity contribution is 6.05. The third-order valence-corrected chi connectivity index (χ3v) is 6.81. The Morgan fingerprint density at radius 1 is 0.447 bits per heavy atom. The second-order valence-electron chi connectivity index (χ2n) is 10.7. The fourth-order valence-corrected chi connectivity index (χ4v) is 4.32. The van der Waals surface area contributed by atoms with E-state index in [1.165, 1.54) is 24.3 Å². The average molecular weight is 635 g/mol. The van der Waals surface area contributed by atoms with Gasteiger partial charge in [0.15, 0.2) is 0 Å². The number of carbonyl (C=O) groups is 6. The van der Waals surface area contributed by atoms with E-state index < -0.39 is 23.6 Å². The molecule has 0 atom stereocenters. The van der Waals surface area contributed by atoms with Gasteiger partial charge < -0.3 is 10.6 Å². The topological polar surface area (TPSA) is 175 Å². The molecule has 47 heavy (non-hydrogen) atoms. The largest absolute Gasteiger partial charge is 0.322 e. The van der Waals surface area contributed by atoms with Gasteiger partial charge in [0.05, 0.1) is 0 Å². The molecule has 0 bridgehead atoms. The second kappa shape index (κ2) is 16.1. The fourth-order valence-electron chi connectivity index (χ4n) is 4.32. The van der Waals surface area contributed by atoms with Crippen LogP contribution in [0.2, 0.25) is 0 Å². The van der Waals surface area contributed by atoms with Gasteiger partial charge in [-0.05, 0) is 93.1 Å². The van der Waals surface area contributed by atoms with Crippen LogP contribution in [0.15, 0.2) is 97.1 Å². The zero-order valence-electron chi connectivity index (χ0n) is 25.8. The summed E-state index contributed by atoms with van der Waals surface area (Å²) in [5.41, 5.74) is 13.7. The Balaban J connectivity index is 1.11. The maximum absolute atomic E-state index is 12.4. The number of hydrogen-bond acceptors (Lipinski definition) is 6. The highest BCUT2D eigenvalue weighted by atomic mass is 16.2. The Morgan fingerprint density at radius 3 is 1.19 bits per heavy atom. The smallest absolute Gasteiger partial charge is 0.269 e. The lowest BCUT2D eigenvalue weighted by molar-refractivity contribution is -0.123. The zero-order valence-corrected chi connectivity index (χ0v) is 25.8. The summed E-state index contributed by atoms with van der Waals surface area (Å²) < 4.78 is 0. The lowest BCUT2D eigenvalue weighted by Gasteiger charge is -2.10. The van der Waals surface area contributed by atoms with Crippen LogP contribution in [0.3, 0.4) is 0 Å². The molecule has 4 rings (SSSR count). The van der Waals surface area contributed by atoms with Gasteiger partial charge in [0.25, 0.3) is 23.6 Å². The van der Waals surface area contributed by atoms with E-state index in [0.29, 0.717) is 22.5 Å². The summed E-state index contributed by atoms with van der Waals surface area (Å²) in [6.07, 6.45) is 0.0523. The van der Waals surface area contributed by atoms with Crippen LogP contribution in [-0.2, 0) is 9.59 Å². The number of rotatable bonds is 10. The minimum absolute atomic E-state index is 0.0543. The van der Waals surface area contributed by atoms with Gasteiger partial charge in [0.2, 0.25) is 11.8 Å². The second-order valence-corrected chi connectivity index (χ2v) is 10.7. The van der Waals surface area contributed by atoms with Crippen molar-refractivity contribution in [3.05, 3.63) is 130 Å². The minimum Gasteiger partial charge on any atom is -0.322 e. The van der Waals surface area contributed by atoms with Crippen molar-refractivity contribution in [2.24, 2.45) is 0 Å². The first-order chi connectivity index (χ1) is 22.6. The fraction of sp³-hybridized carbons (Fsp3) is 0.143. The molecule has 0 radical (unpaired) electrons. The van der Waals surface area contributed by atoms with E-state index in [0.717, 1.165) is 11.1 Å². The summed E-state index contributed by atoms with van der Waals surface area (Å²) in [5, 5.41) is 5.52. The lowest BCUT2D eigenvalue weighted by atomic mass is 10.1. The van der Waals surface area contributed by atoms with Crippen molar-refractivity contribution < 1.29 is 28.8 Å². The van der Waals surface area contributed by atoms with Gasteiger partial charge in [-0.1, -0.05) is 35.4 Å². The van der Waals surface area contributed by atoms with Crippen molar-refractivity contribution in [1.29, 1.82) is 0 Å². The van der Waals surface area contributed by atoms with E-state index in [1.54, 1.807) is 60.7 Å². The van der Waals surface area contributed by atoms with E-state index in [1.807, 2.05) is 26.0 Å². The number of hydrogen-bond donors (Lipinski definition) is 6. The van der Waals surface area contributed by atoms with Gasteiger partial charge in [0.1, 0.15) is 0 Å². The van der Waals surface area contributed by atoms with Gasteiger partial charge in [0, 0.05) is 46.5 Å². The normalized spacial score (nSPS) is 10.3. The van der Waals surface area contributed by atoms with Crippen LogP contribution >= 0.6 is 0 Å². The molecule has 0 spiro atoms. The summed E-state index contributed by atoms with van der Waals surface area (Å²) in [6.45, 7) is 3.78. The van der Waals surface area contributed by atoms with Gasteiger partial charge in [-0.3, -0.25) is 50.5 Å². The minimum atomic E-state index is -0.558. The molecule has 0 unspecified atom stereocenters. The molecule has 240 valence electrons. The summed E-state index contributed by atoms with van der Waals surface area (Å²) >= 11 is 0. The molecule has 6 N–H and O–H groups in total. The van der Waals surface area contributed by atoms with Crippen molar-refractivity contribution in [2.45, 2.75) is 33.1 Å². The number of carbonyl (C=O) groups excluding carboxylic acids is 6. The predicted molar refractivity (Wildman–Crippen MR) is 176 cm³/mol. The third kappa shape index (κ3) is 10.4. The van der Waals surface area contributed by atoms with E-state index in [4.69, 9.17) is 0 Å². The van der Waals surface area contributed by atoms with Crippen LogP contribution in [0.5, 0.6) is 0 Å². The summed E-state index contributed by atoms with van der Waals surface area (Å²) in [5.74, 6) is -2.68. The average Bonchev–Trinajstić information content (AvgIpc) is 3.06. The molecule has 0 fully saturated rings. The zero-order chi connectivity index (χ0) is 33.8. The van der Waals surface area contributed by atoms with E-state index in [-0.39, 0.29) is 42.2 Å². The highest BCUT2D eigenvalue weighted by Gasteiger charge is 2.12. The van der Waals surface area contributed by atoms with Crippen LogP contribution in [0.25, 0.3) is 0 Å². The Morgan fingerprint density at radius 2 is 0.830 bits per heavy atom. The van der Waals surface area contributed by atoms with Crippen molar-refractivity contribution in [3.63, 3.8) is 0 Å². The molecule has 6 amide bonds. The molecular formula is C35H34N6O6. The lowest BCUT2D eigenvalue weighted by Crippen LogP contribution is -2.42. The number of amides is 6. The maximum atomic E-state index is 12.4. The third-order valence-electron chi connectivity index (χ3n) is 6.81. The Bertz CT molecular complexity index is 1660. The van der Waals surface area contributed by atoms with Crippen molar-refractivity contribution in [3.8, 4) is 0 Å². The Hall–Kier alpha value is -6.30. The van der Waals surface area contributed by atoms with Crippen molar-refractivity contribution in [1.82, 2.24) is 21.7 Å². The first-order valence-electron chi connectivity index (χ1n) is 14.7. The first-order valence-corrected chi connectivity index (χ1v) is 14.7. The van der Waals surface area contributed by atoms with E-state index in [2.05, 4.69) is 32.3 Å². The van der Waals surface area contributed by atoms with Crippen LogP contribution in [0, 0.1) is 13.8 Å². The molecule has 12 heteroatoms. The number of benzene rings is 4. The van der Waals surface area contributed by atoms with Gasteiger partial charge >= 0.3 is 0 Å². The number of hydrazine groups is 2. The van der Waals surface area contributed by atoms with Crippen LogP contribution in [0.4, 0.5) is 11.4 Å². The van der Waals surface area contributed by atoms with Crippen LogP contribution in [0.1, 0.15) is 71.8 Å². The monoisotopic (exact) mass is 634 g/mol. The predicted octanol–water partition coefficient (Wildman–Crippen LogP) is 4.20. The molecule has 0 saturated heterocycles. The molecule has 4 aromatic rings. The molecular weight excluding hydrogens is 600 g/mol. The van der Waals surface area contributed by atoms with Gasteiger partial charge in [-0.2, -0.15) is 0 Å². The van der Waals surface area contributed by atoms with Crippen molar-refractivity contribution >= 4 is 46.8 Å². The molecule has 4 aromatic carbocycles. The van der Waals surface area contributed by atoms with E-state index in [9.17, 15) is 28.8 Å². The first kappa shape index (κ1) is 33.6. The Kier molecular flexibility index (Phi) is 11.5. The summed E-state index contributed by atoms with van der Waals surface area (Å²) in [4.78, 5) is 73.9. The quantitative estimate of drug-likeness (QED) is 0.143. The molecule has 0 saturated carbocycles. The molecule has 0 aromatic heterocycles. The maximum Gasteiger partial charge on any atom is 0.269 e. The standard InChI is InChI=1S/C35H34N6O6/c1-22-6-3-8-26(20-22)32(44)36-28-16-12-24(13-17-28)34(46)40-38-30(42)10-5-11-31(43)39-41-35(47)25-14-18-29(19-15-25)37-33(45)27-9-4-7-23(2)21-27/h3-4,6-9,12-21H,5,10-11H2,1-2H3,(H,36,44)(H,37,45)(H,38,42)(H,39,43)(H,40,46)(H,41,47). The van der Waals surface area contributed by atoms with Crippen molar-refractivity contribution in [2.75, 3.05) is 10.6 Å². The number of anilines is 2. The number of aryl methyl sites for hydroxylation is 2.